The van der Waals surface area contributed by atoms with Gasteiger partial charge in [-0.3, -0.25) is 0 Å². The second kappa shape index (κ2) is 9.35. The van der Waals surface area contributed by atoms with Gasteiger partial charge in [0.2, 0.25) is 0 Å². The quantitative estimate of drug-likeness (QED) is 0.714. The van der Waals surface area contributed by atoms with Crippen LogP contribution in [0, 0.1) is 0 Å². The highest BCUT2D eigenvalue weighted by Gasteiger charge is 2.40. The summed E-state index contributed by atoms with van der Waals surface area (Å²) >= 11 is 0. The molecule has 0 aromatic heterocycles. The molecule has 2 bridgehead atoms. The standard InChI is InChI=1S/C24H30O6/c1-24(2)17-5-3-7-19-21(17)23(25)22-18(24)6-4-8-20(22)30-16-14-28-12-10-26-9-11-27-13-15-29-19/h3-8,23,25H,9-16H2,1-2H3. The molecule has 6 heteroatoms. The van der Waals surface area contributed by atoms with Gasteiger partial charge in [0.1, 0.15) is 30.8 Å². The van der Waals surface area contributed by atoms with Crippen LogP contribution in [0.2, 0.25) is 0 Å². The van der Waals surface area contributed by atoms with Crippen LogP contribution in [0.5, 0.6) is 11.5 Å². The van der Waals surface area contributed by atoms with Crippen molar-refractivity contribution in [3.63, 3.8) is 0 Å². The van der Waals surface area contributed by atoms with Crippen molar-refractivity contribution >= 4 is 0 Å². The van der Waals surface area contributed by atoms with Crippen LogP contribution in [0.15, 0.2) is 36.4 Å². The molecule has 0 spiro atoms. The van der Waals surface area contributed by atoms with E-state index in [1.807, 2.05) is 24.3 Å². The Bertz CT molecular complexity index is 795. The Kier molecular flexibility index (Phi) is 6.58. The van der Waals surface area contributed by atoms with E-state index in [1.165, 1.54) is 0 Å². The fraction of sp³-hybridized carbons (Fsp3) is 0.500. The summed E-state index contributed by atoms with van der Waals surface area (Å²) in [5.41, 5.74) is 3.42. The molecule has 1 aliphatic heterocycles. The number of benzene rings is 2. The molecule has 0 saturated carbocycles. The molecule has 1 heterocycles. The SMILES string of the molecule is CC1(C)c2cccc3c2C(O)c2c(cccc21)OCCOCCOCCOCCO3. The molecule has 30 heavy (non-hydrogen) atoms. The van der Waals surface area contributed by atoms with Gasteiger partial charge < -0.3 is 28.8 Å². The molecule has 0 atom stereocenters. The third kappa shape index (κ3) is 4.18. The fourth-order valence-electron chi connectivity index (χ4n) is 4.25. The zero-order valence-corrected chi connectivity index (χ0v) is 17.7. The van der Waals surface area contributed by atoms with E-state index in [0.29, 0.717) is 64.4 Å². The van der Waals surface area contributed by atoms with E-state index in [-0.39, 0.29) is 5.41 Å². The summed E-state index contributed by atoms with van der Waals surface area (Å²) in [6.07, 6.45) is -0.829. The maximum atomic E-state index is 11.4. The van der Waals surface area contributed by atoms with Gasteiger partial charge in [-0.15, -0.1) is 0 Å². The van der Waals surface area contributed by atoms with Gasteiger partial charge in [0.25, 0.3) is 0 Å². The van der Waals surface area contributed by atoms with Crippen LogP contribution in [0.3, 0.4) is 0 Å². The van der Waals surface area contributed by atoms with Gasteiger partial charge in [-0.1, -0.05) is 38.1 Å². The van der Waals surface area contributed by atoms with E-state index >= 15 is 0 Å². The molecule has 1 N–H and O–H groups in total. The fourth-order valence-corrected chi connectivity index (χ4v) is 4.25. The van der Waals surface area contributed by atoms with Gasteiger partial charge in [0.15, 0.2) is 0 Å². The van der Waals surface area contributed by atoms with Gasteiger partial charge in [0.05, 0.1) is 39.6 Å². The molecule has 2 aliphatic rings. The summed E-state index contributed by atoms with van der Waals surface area (Å²) in [5, 5.41) is 11.4. The number of ether oxygens (including phenoxy) is 5. The first-order chi connectivity index (χ1) is 14.6. The number of hydrogen-bond donors (Lipinski definition) is 1. The molecule has 2 aromatic rings. The van der Waals surface area contributed by atoms with Crippen LogP contribution in [0.4, 0.5) is 0 Å². The lowest BCUT2D eigenvalue weighted by Gasteiger charge is -2.39. The number of aliphatic hydroxyl groups is 1. The van der Waals surface area contributed by atoms with Crippen LogP contribution in [-0.4, -0.2) is 58.0 Å². The van der Waals surface area contributed by atoms with Crippen molar-refractivity contribution in [1.29, 1.82) is 0 Å². The number of rotatable bonds is 0. The first kappa shape index (κ1) is 21.1. The van der Waals surface area contributed by atoms with E-state index in [2.05, 4.69) is 26.0 Å². The number of aliphatic hydroxyl groups excluding tert-OH is 1. The molecule has 6 nitrogen and oxygen atoms in total. The lowest BCUT2D eigenvalue weighted by molar-refractivity contribution is 0.00442. The number of hydrogen-bond acceptors (Lipinski definition) is 6. The average Bonchev–Trinajstić information content (AvgIpc) is 2.74. The summed E-state index contributed by atoms with van der Waals surface area (Å²) in [4.78, 5) is 0. The predicted molar refractivity (Wildman–Crippen MR) is 113 cm³/mol. The molecule has 0 saturated heterocycles. The average molecular weight is 414 g/mol. The molecule has 2 aromatic carbocycles. The van der Waals surface area contributed by atoms with Gasteiger partial charge >= 0.3 is 0 Å². The van der Waals surface area contributed by atoms with Crippen LogP contribution in [-0.2, 0) is 19.6 Å². The Morgan fingerprint density at radius 3 is 1.50 bits per heavy atom. The minimum Gasteiger partial charge on any atom is -0.491 e. The zero-order chi connectivity index (χ0) is 21.0. The molecular formula is C24H30O6. The van der Waals surface area contributed by atoms with Crippen molar-refractivity contribution in [3.05, 3.63) is 58.7 Å². The summed E-state index contributed by atoms with van der Waals surface area (Å²) in [7, 11) is 0. The highest BCUT2D eigenvalue weighted by atomic mass is 16.6. The van der Waals surface area contributed by atoms with Gasteiger partial charge in [0, 0.05) is 16.5 Å². The molecule has 0 radical (unpaired) electrons. The predicted octanol–water partition coefficient (Wildman–Crippen LogP) is 3.23. The summed E-state index contributed by atoms with van der Waals surface area (Å²) in [5.74, 6) is 1.36. The first-order valence-electron chi connectivity index (χ1n) is 10.5. The van der Waals surface area contributed by atoms with E-state index in [4.69, 9.17) is 23.7 Å². The molecule has 4 rings (SSSR count). The smallest absolute Gasteiger partial charge is 0.125 e. The normalized spacial score (nSPS) is 20.4. The van der Waals surface area contributed by atoms with Crippen LogP contribution >= 0.6 is 0 Å². The second-order valence-corrected chi connectivity index (χ2v) is 8.00. The summed E-state index contributed by atoms with van der Waals surface area (Å²) in [6.45, 7) is 8.09. The maximum Gasteiger partial charge on any atom is 0.125 e. The van der Waals surface area contributed by atoms with E-state index in [0.717, 1.165) is 22.3 Å². The van der Waals surface area contributed by atoms with Crippen molar-refractivity contribution in [3.8, 4) is 11.5 Å². The van der Waals surface area contributed by atoms with E-state index in [9.17, 15) is 5.11 Å². The maximum absolute atomic E-state index is 11.4. The van der Waals surface area contributed by atoms with Crippen LogP contribution < -0.4 is 9.47 Å². The van der Waals surface area contributed by atoms with Crippen molar-refractivity contribution in [2.75, 3.05) is 52.9 Å². The van der Waals surface area contributed by atoms with Crippen molar-refractivity contribution < 1.29 is 28.8 Å². The lowest BCUT2D eigenvalue weighted by Crippen LogP contribution is -2.30. The largest absolute Gasteiger partial charge is 0.491 e. The monoisotopic (exact) mass is 414 g/mol. The molecular weight excluding hydrogens is 384 g/mol. The second-order valence-electron chi connectivity index (χ2n) is 8.00. The van der Waals surface area contributed by atoms with Gasteiger partial charge in [-0.2, -0.15) is 0 Å². The van der Waals surface area contributed by atoms with Crippen LogP contribution in [0.25, 0.3) is 0 Å². The Labute approximate surface area is 177 Å². The Balaban J connectivity index is 1.70. The minimum atomic E-state index is -0.829. The Hall–Kier alpha value is -2.12. The highest BCUT2D eigenvalue weighted by Crippen LogP contribution is 2.51. The topological polar surface area (TPSA) is 66.4 Å². The van der Waals surface area contributed by atoms with Crippen molar-refractivity contribution in [2.45, 2.75) is 25.4 Å². The molecule has 162 valence electrons. The molecule has 0 fully saturated rings. The third-order valence-electron chi connectivity index (χ3n) is 5.74. The Morgan fingerprint density at radius 2 is 1.07 bits per heavy atom. The van der Waals surface area contributed by atoms with Gasteiger partial charge in [-0.25, -0.2) is 0 Å². The van der Waals surface area contributed by atoms with Gasteiger partial charge in [-0.05, 0) is 23.3 Å². The van der Waals surface area contributed by atoms with Crippen molar-refractivity contribution in [2.24, 2.45) is 0 Å². The molecule has 0 unspecified atom stereocenters. The first-order valence-corrected chi connectivity index (χ1v) is 10.5. The summed E-state index contributed by atoms with van der Waals surface area (Å²) in [6, 6.07) is 11.9. The third-order valence-corrected chi connectivity index (χ3v) is 5.74. The Morgan fingerprint density at radius 1 is 0.667 bits per heavy atom. The zero-order valence-electron chi connectivity index (χ0n) is 17.7. The minimum absolute atomic E-state index is 0.298. The molecule has 1 aliphatic carbocycles. The summed E-state index contributed by atoms with van der Waals surface area (Å²) < 4.78 is 28.7. The van der Waals surface area contributed by atoms with E-state index in [1.54, 1.807) is 0 Å². The van der Waals surface area contributed by atoms with E-state index < -0.39 is 6.10 Å². The van der Waals surface area contributed by atoms with Crippen molar-refractivity contribution in [1.82, 2.24) is 0 Å². The van der Waals surface area contributed by atoms with Crippen LogP contribution in [0.1, 0.15) is 42.2 Å². The highest BCUT2D eigenvalue weighted by molar-refractivity contribution is 5.62. The lowest BCUT2D eigenvalue weighted by atomic mass is 9.67. The molecule has 0 amide bonds.